The van der Waals surface area contributed by atoms with Gasteiger partial charge < -0.3 is 20.4 Å². The molecule has 0 saturated carbocycles. The molecular weight excluding hydrogens is 400 g/mol. The zero-order chi connectivity index (χ0) is 20.9. The van der Waals surface area contributed by atoms with Crippen molar-refractivity contribution in [1.82, 2.24) is 15.3 Å². The van der Waals surface area contributed by atoms with E-state index >= 15 is 0 Å². The van der Waals surface area contributed by atoms with Crippen molar-refractivity contribution in [3.63, 3.8) is 0 Å². The molecule has 7 nitrogen and oxygen atoms in total. The lowest BCUT2D eigenvalue weighted by atomic mass is 10.1. The Balaban J connectivity index is 1.40. The second kappa shape index (κ2) is 8.79. The van der Waals surface area contributed by atoms with Crippen LogP contribution in [0.3, 0.4) is 0 Å². The SMILES string of the molecule is CNC(=O)c1cnc(NC(=O)Cc2c[nH]c3cc(OCc4ccccc4)ccc23)s1. The predicted octanol–water partition coefficient (Wildman–Crippen LogP) is 3.74. The molecule has 0 aliphatic rings. The maximum Gasteiger partial charge on any atom is 0.262 e. The van der Waals surface area contributed by atoms with Crippen molar-refractivity contribution < 1.29 is 14.3 Å². The van der Waals surface area contributed by atoms with Crippen LogP contribution in [0.15, 0.2) is 60.9 Å². The minimum absolute atomic E-state index is 0.194. The van der Waals surface area contributed by atoms with E-state index in [4.69, 9.17) is 4.74 Å². The summed E-state index contributed by atoms with van der Waals surface area (Å²) in [4.78, 5) is 31.7. The number of aromatic amines is 1. The molecule has 0 radical (unpaired) electrons. The maximum atomic E-state index is 12.4. The molecule has 2 aromatic carbocycles. The standard InChI is InChI=1S/C22H20N4O3S/c1-23-21(28)19-12-25-22(30-19)26-20(27)9-15-11-24-18-10-16(7-8-17(15)18)29-13-14-5-3-2-4-6-14/h2-8,10-12,24H,9,13H2,1H3,(H,23,28)(H,25,26,27). The minimum Gasteiger partial charge on any atom is -0.489 e. The number of benzene rings is 2. The molecule has 0 spiro atoms. The third kappa shape index (κ3) is 4.49. The lowest BCUT2D eigenvalue weighted by Gasteiger charge is -2.06. The van der Waals surface area contributed by atoms with Gasteiger partial charge in [0.2, 0.25) is 5.91 Å². The molecule has 2 amide bonds. The number of amides is 2. The highest BCUT2D eigenvalue weighted by Crippen LogP contribution is 2.25. The smallest absolute Gasteiger partial charge is 0.262 e. The molecule has 0 atom stereocenters. The number of nitrogens with zero attached hydrogens (tertiary/aromatic N) is 1. The van der Waals surface area contributed by atoms with Crippen LogP contribution in [-0.4, -0.2) is 28.8 Å². The molecule has 0 aliphatic heterocycles. The number of hydrogen-bond donors (Lipinski definition) is 3. The highest BCUT2D eigenvalue weighted by Gasteiger charge is 2.13. The van der Waals surface area contributed by atoms with Crippen molar-refractivity contribution >= 4 is 39.2 Å². The Morgan fingerprint density at radius 3 is 2.80 bits per heavy atom. The summed E-state index contributed by atoms with van der Waals surface area (Å²) in [6, 6.07) is 15.7. The normalized spacial score (nSPS) is 10.7. The average molecular weight is 420 g/mol. The number of rotatable bonds is 7. The van der Waals surface area contributed by atoms with Crippen LogP contribution in [0, 0.1) is 0 Å². The van der Waals surface area contributed by atoms with Crippen LogP contribution in [0.25, 0.3) is 10.9 Å². The van der Waals surface area contributed by atoms with Crippen LogP contribution in [0.1, 0.15) is 20.8 Å². The Bertz CT molecular complexity index is 1180. The summed E-state index contributed by atoms with van der Waals surface area (Å²) in [5.41, 5.74) is 2.88. The number of carbonyl (C=O) groups excluding carboxylic acids is 2. The summed E-state index contributed by atoms with van der Waals surface area (Å²) in [6.45, 7) is 0.494. The molecule has 3 N–H and O–H groups in total. The quantitative estimate of drug-likeness (QED) is 0.424. The highest BCUT2D eigenvalue weighted by atomic mass is 32.1. The van der Waals surface area contributed by atoms with Crippen LogP contribution >= 0.6 is 11.3 Å². The number of nitrogens with one attached hydrogen (secondary N) is 3. The van der Waals surface area contributed by atoms with E-state index in [1.54, 1.807) is 7.05 Å². The molecule has 2 aromatic heterocycles. The molecule has 0 unspecified atom stereocenters. The molecule has 8 heteroatoms. The van der Waals surface area contributed by atoms with Gasteiger partial charge in [0.05, 0.1) is 12.6 Å². The Morgan fingerprint density at radius 1 is 1.17 bits per heavy atom. The van der Waals surface area contributed by atoms with E-state index in [1.807, 2.05) is 54.7 Å². The average Bonchev–Trinajstić information content (AvgIpc) is 3.39. The molecule has 152 valence electrons. The molecule has 4 rings (SSSR count). The van der Waals surface area contributed by atoms with E-state index in [1.165, 1.54) is 6.20 Å². The molecule has 0 fully saturated rings. The molecule has 0 aliphatic carbocycles. The van der Waals surface area contributed by atoms with Crippen LogP contribution in [-0.2, 0) is 17.8 Å². The van der Waals surface area contributed by atoms with Crippen molar-refractivity contribution in [1.29, 1.82) is 0 Å². The van der Waals surface area contributed by atoms with Gasteiger partial charge in [0.25, 0.3) is 5.91 Å². The maximum absolute atomic E-state index is 12.4. The second-order valence-electron chi connectivity index (χ2n) is 6.63. The van der Waals surface area contributed by atoms with Crippen molar-refractivity contribution in [2.24, 2.45) is 0 Å². The number of carbonyl (C=O) groups is 2. The summed E-state index contributed by atoms with van der Waals surface area (Å²) in [5, 5.41) is 6.63. The summed E-state index contributed by atoms with van der Waals surface area (Å²) >= 11 is 1.14. The van der Waals surface area contributed by atoms with Gasteiger partial charge >= 0.3 is 0 Å². The summed E-state index contributed by atoms with van der Waals surface area (Å²) in [7, 11) is 1.55. The first kappa shape index (κ1) is 19.7. The van der Waals surface area contributed by atoms with Gasteiger partial charge in [-0.15, -0.1) is 0 Å². The van der Waals surface area contributed by atoms with Gasteiger partial charge in [0.15, 0.2) is 5.13 Å². The van der Waals surface area contributed by atoms with Crippen LogP contribution in [0.2, 0.25) is 0 Å². The van der Waals surface area contributed by atoms with E-state index in [-0.39, 0.29) is 18.2 Å². The van der Waals surface area contributed by atoms with Crippen molar-refractivity contribution in [2.75, 3.05) is 12.4 Å². The first-order valence-corrected chi connectivity index (χ1v) is 10.2. The number of H-pyrrole nitrogens is 1. The second-order valence-corrected chi connectivity index (χ2v) is 7.66. The third-order valence-electron chi connectivity index (χ3n) is 4.54. The van der Waals surface area contributed by atoms with Crippen molar-refractivity contribution in [3.05, 3.63) is 76.9 Å². The van der Waals surface area contributed by atoms with Crippen LogP contribution in [0.5, 0.6) is 5.75 Å². The first-order valence-electron chi connectivity index (χ1n) is 9.37. The van der Waals surface area contributed by atoms with E-state index in [9.17, 15) is 9.59 Å². The molecule has 4 aromatic rings. The van der Waals surface area contributed by atoms with E-state index in [2.05, 4.69) is 20.6 Å². The van der Waals surface area contributed by atoms with E-state index in [0.717, 1.165) is 39.1 Å². The van der Waals surface area contributed by atoms with Gasteiger partial charge in [0.1, 0.15) is 17.2 Å². The lowest BCUT2D eigenvalue weighted by Crippen LogP contribution is -2.16. The highest BCUT2D eigenvalue weighted by molar-refractivity contribution is 7.17. The van der Waals surface area contributed by atoms with E-state index in [0.29, 0.717) is 16.6 Å². The Labute approximate surface area is 177 Å². The van der Waals surface area contributed by atoms with Crippen molar-refractivity contribution in [2.45, 2.75) is 13.0 Å². The molecular formula is C22H20N4O3S. The molecule has 0 bridgehead atoms. The minimum atomic E-state index is -0.227. The van der Waals surface area contributed by atoms with E-state index < -0.39 is 0 Å². The van der Waals surface area contributed by atoms with Gasteiger partial charge in [-0.05, 0) is 23.3 Å². The molecule has 0 saturated heterocycles. The van der Waals surface area contributed by atoms with Gasteiger partial charge in [-0.1, -0.05) is 41.7 Å². The fourth-order valence-electron chi connectivity index (χ4n) is 3.04. The summed E-state index contributed by atoms with van der Waals surface area (Å²) < 4.78 is 5.86. The topological polar surface area (TPSA) is 96.1 Å². The monoisotopic (exact) mass is 420 g/mol. The lowest BCUT2D eigenvalue weighted by molar-refractivity contribution is -0.115. The van der Waals surface area contributed by atoms with Crippen LogP contribution < -0.4 is 15.4 Å². The Hall–Kier alpha value is -3.65. The van der Waals surface area contributed by atoms with Gasteiger partial charge in [-0.2, -0.15) is 0 Å². The number of thiazole rings is 1. The number of fused-ring (bicyclic) bond motifs is 1. The first-order chi connectivity index (χ1) is 14.6. The zero-order valence-electron chi connectivity index (χ0n) is 16.3. The third-order valence-corrected chi connectivity index (χ3v) is 5.45. The largest absolute Gasteiger partial charge is 0.489 e. The number of hydrogen-bond acceptors (Lipinski definition) is 5. The van der Waals surface area contributed by atoms with Crippen LogP contribution in [0.4, 0.5) is 5.13 Å². The number of anilines is 1. The molecule has 30 heavy (non-hydrogen) atoms. The zero-order valence-corrected chi connectivity index (χ0v) is 17.1. The molecule has 2 heterocycles. The van der Waals surface area contributed by atoms with Gasteiger partial charge in [-0.3, -0.25) is 9.59 Å². The van der Waals surface area contributed by atoms with Gasteiger partial charge in [-0.25, -0.2) is 4.98 Å². The fourth-order valence-corrected chi connectivity index (χ4v) is 3.82. The fraction of sp³-hybridized carbons (Fsp3) is 0.136. The van der Waals surface area contributed by atoms with Gasteiger partial charge in [0, 0.05) is 30.2 Å². The Kier molecular flexibility index (Phi) is 5.76. The predicted molar refractivity (Wildman–Crippen MR) is 117 cm³/mol. The number of ether oxygens (including phenoxy) is 1. The summed E-state index contributed by atoms with van der Waals surface area (Å²) in [5.74, 6) is 0.335. The number of aromatic nitrogens is 2. The van der Waals surface area contributed by atoms with Crippen molar-refractivity contribution in [3.8, 4) is 5.75 Å². The Morgan fingerprint density at radius 2 is 2.00 bits per heavy atom. The summed E-state index contributed by atoms with van der Waals surface area (Å²) in [6.07, 6.45) is 3.46.